The summed E-state index contributed by atoms with van der Waals surface area (Å²) < 4.78 is 0. The van der Waals surface area contributed by atoms with Gasteiger partial charge in [-0.25, -0.2) is 0 Å². The first-order chi connectivity index (χ1) is 6.20. The van der Waals surface area contributed by atoms with Crippen molar-refractivity contribution in [1.82, 2.24) is 0 Å². The van der Waals surface area contributed by atoms with E-state index in [2.05, 4.69) is 26.1 Å². The highest BCUT2D eigenvalue weighted by Gasteiger charge is 2.20. The Morgan fingerprint density at radius 3 is 2.00 bits per heavy atom. The smallest absolute Gasteiger partial charge is 0.00399 e. The lowest BCUT2D eigenvalue weighted by Gasteiger charge is -1.83. The topological polar surface area (TPSA) is 0 Å². The molecule has 0 amide bonds. The van der Waals surface area contributed by atoms with Gasteiger partial charge in [-0.1, -0.05) is 30.4 Å². The molecule has 0 unspecified atom stereocenters. The van der Waals surface area contributed by atoms with Gasteiger partial charge in [-0.2, -0.15) is 0 Å². The van der Waals surface area contributed by atoms with E-state index in [4.69, 9.17) is 0 Å². The molecule has 1 aromatic carbocycles. The van der Waals surface area contributed by atoms with Crippen molar-refractivity contribution >= 4 is 12.6 Å². The lowest BCUT2D eigenvalue weighted by Crippen LogP contribution is -1.68. The van der Waals surface area contributed by atoms with Crippen molar-refractivity contribution in [2.45, 2.75) is 24.7 Å². The van der Waals surface area contributed by atoms with E-state index in [1.807, 2.05) is 30.3 Å². The molecule has 1 saturated carbocycles. The summed E-state index contributed by atoms with van der Waals surface area (Å²) in [7, 11) is 0. The van der Waals surface area contributed by atoms with Gasteiger partial charge in [-0.15, -0.1) is 12.6 Å². The molecule has 13 heavy (non-hydrogen) atoms. The predicted molar refractivity (Wildman–Crippen MR) is 61.2 cm³/mol. The van der Waals surface area contributed by atoms with Crippen molar-refractivity contribution in [3.05, 3.63) is 42.5 Å². The van der Waals surface area contributed by atoms with Crippen molar-refractivity contribution in [2.75, 3.05) is 0 Å². The molecule has 0 N–H and O–H groups in total. The number of allylic oxidation sites excluding steroid dienone is 1. The quantitative estimate of drug-likeness (QED) is 0.505. The summed E-state index contributed by atoms with van der Waals surface area (Å²) in [6.07, 6.45) is 2.80. The van der Waals surface area contributed by atoms with E-state index in [1.54, 1.807) is 0 Å². The largest absolute Gasteiger partial charge is 0.143 e. The standard InChI is InChI=1S/C6H6S.C6H10/c7-6-4-2-1-3-5-6;1-5(2)6-3-4-6/h1-5,7H;6H,1,3-4H2,2H3. The Hall–Kier alpha value is -0.690. The van der Waals surface area contributed by atoms with Crippen molar-refractivity contribution in [2.24, 2.45) is 5.92 Å². The van der Waals surface area contributed by atoms with E-state index >= 15 is 0 Å². The molecule has 2 rings (SSSR count). The van der Waals surface area contributed by atoms with Gasteiger partial charge in [-0.3, -0.25) is 0 Å². The van der Waals surface area contributed by atoms with Crippen LogP contribution in [-0.4, -0.2) is 0 Å². The molecule has 1 fully saturated rings. The summed E-state index contributed by atoms with van der Waals surface area (Å²) in [6.45, 7) is 5.93. The Balaban J connectivity index is 0.000000132. The van der Waals surface area contributed by atoms with Crippen LogP contribution in [0.2, 0.25) is 0 Å². The van der Waals surface area contributed by atoms with Crippen LogP contribution < -0.4 is 0 Å². The van der Waals surface area contributed by atoms with Crippen LogP contribution in [0.1, 0.15) is 19.8 Å². The normalized spacial score (nSPS) is 14.3. The molecule has 0 radical (unpaired) electrons. The van der Waals surface area contributed by atoms with Gasteiger partial charge in [0.2, 0.25) is 0 Å². The lowest BCUT2D eigenvalue weighted by atomic mass is 10.2. The Bertz CT molecular complexity index is 260. The van der Waals surface area contributed by atoms with Gasteiger partial charge in [0.25, 0.3) is 0 Å². The molecular weight excluding hydrogens is 176 g/mol. The first-order valence-corrected chi connectivity index (χ1v) is 5.04. The van der Waals surface area contributed by atoms with Gasteiger partial charge in [0.05, 0.1) is 0 Å². The number of thiol groups is 1. The molecule has 0 bridgehead atoms. The maximum absolute atomic E-state index is 4.08. The Morgan fingerprint density at radius 1 is 1.31 bits per heavy atom. The summed E-state index contributed by atoms with van der Waals surface area (Å²) in [6, 6.07) is 9.79. The summed E-state index contributed by atoms with van der Waals surface area (Å²) in [5.41, 5.74) is 1.37. The van der Waals surface area contributed by atoms with E-state index in [9.17, 15) is 0 Å². The van der Waals surface area contributed by atoms with Crippen molar-refractivity contribution < 1.29 is 0 Å². The summed E-state index contributed by atoms with van der Waals surface area (Å²) in [5, 5.41) is 0. The molecule has 0 saturated heterocycles. The number of rotatable bonds is 1. The summed E-state index contributed by atoms with van der Waals surface area (Å²) in [4.78, 5) is 1.02. The van der Waals surface area contributed by atoms with Gasteiger partial charge in [-0.05, 0) is 37.8 Å². The Morgan fingerprint density at radius 2 is 1.85 bits per heavy atom. The Kier molecular flexibility index (Phi) is 4.10. The van der Waals surface area contributed by atoms with Crippen LogP contribution in [0.15, 0.2) is 47.4 Å². The zero-order chi connectivity index (χ0) is 9.68. The molecule has 0 heterocycles. The number of hydrogen-bond acceptors (Lipinski definition) is 1. The van der Waals surface area contributed by atoms with Gasteiger partial charge >= 0.3 is 0 Å². The van der Waals surface area contributed by atoms with E-state index in [1.165, 1.54) is 18.4 Å². The minimum absolute atomic E-state index is 0.907. The van der Waals surface area contributed by atoms with E-state index in [0.29, 0.717) is 0 Å². The van der Waals surface area contributed by atoms with Crippen LogP contribution in [0.25, 0.3) is 0 Å². The molecule has 0 atom stereocenters. The van der Waals surface area contributed by atoms with Gasteiger partial charge in [0.15, 0.2) is 0 Å². The summed E-state index contributed by atoms with van der Waals surface area (Å²) >= 11 is 4.08. The van der Waals surface area contributed by atoms with Gasteiger partial charge in [0.1, 0.15) is 0 Å². The van der Waals surface area contributed by atoms with Crippen molar-refractivity contribution in [1.29, 1.82) is 0 Å². The number of benzene rings is 1. The molecule has 0 aliphatic heterocycles. The first kappa shape index (κ1) is 10.4. The van der Waals surface area contributed by atoms with Gasteiger partial charge in [0, 0.05) is 4.90 Å². The van der Waals surface area contributed by atoms with Crippen molar-refractivity contribution in [3.8, 4) is 0 Å². The molecule has 0 aromatic heterocycles. The minimum atomic E-state index is 0.907. The zero-order valence-corrected chi connectivity index (χ0v) is 8.93. The second-order valence-corrected chi connectivity index (χ2v) is 3.97. The molecule has 1 heteroatoms. The van der Waals surface area contributed by atoms with Crippen molar-refractivity contribution in [3.63, 3.8) is 0 Å². The maximum Gasteiger partial charge on any atom is 0.00399 e. The average molecular weight is 192 g/mol. The molecule has 1 aromatic rings. The zero-order valence-electron chi connectivity index (χ0n) is 8.03. The fourth-order valence-electron chi connectivity index (χ4n) is 1.00. The molecule has 1 aliphatic rings. The highest BCUT2D eigenvalue weighted by molar-refractivity contribution is 7.80. The average Bonchev–Trinajstić information content (AvgIpc) is 2.88. The highest BCUT2D eigenvalue weighted by atomic mass is 32.1. The van der Waals surface area contributed by atoms with Crippen LogP contribution in [0.3, 0.4) is 0 Å². The Labute approximate surface area is 86.1 Å². The van der Waals surface area contributed by atoms with Gasteiger partial charge < -0.3 is 0 Å². The fraction of sp³-hybridized carbons (Fsp3) is 0.333. The maximum atomic E-state index is 4.08. The molecule has 70 valence electrons. The van der Waals surface area contributed by atoms with Crippen LogP contribution in [0, 0.1) is 5.92 Å². The third-order valence-electron chi connectivity index (χ3n) is 2.03. The monoisotopic (exact) mass is 192 g/mol. The van der Waals surface area contributed by atoms with E-state index < -0.39 is 0 Å². The molecule has 1 aliphatic carbocycles. The molecular formula is C12H16S. The first-order valence-electron chi connectivity index (χ1n) is 4.59. The van der Waals surface area contributed by atoms with E-state index in [-0.39, 0.29) is 0 Å². The highest BCUT2D eigenvalue weighted by Crippen LogP contribution is 2.34. The van der Waals surface area contributed by atoms with Crippen LogP contribution in [-0.2, 0) is 0 Å². The second-order valence-electron chi connectivity index (χ2n) is 3.46. The van der Waals surface area contributed by atoms with Crippen LogP contribution >= 0.6 is 12.6 Å². The SMILES string of the molecule is C=C(C)C1CC1.Sc1ccccc1. The van der Waals surface area contributed by atoms with E-state index in [0.717, 1.165) is 10.8 Å². The fourth-order valence-corrected chi connectivity index (χ4v) is 1.18. The summed E-state index contributed by atoms with van der Waals surface area (Å²) in [5.74, 6) is 0.907. The third-order valence-corrected chi connectivity index (χ3v) is 2.33. The lowest BCUT2D eigenvalue weighted by molar-refractivity contribution is 1.02. The second kappa shape index (κ2) is 5.13. The molecule has 0 nitrogen and oxygen atoms in total. The number of hydrogen-bond donors (Lipinski definition) is 1. The van der Waals surface area contributed by atoms with Crippen LogP contribution in [0.4, 0.5) is 0 Å². The predicted octanol–water partition coefficient (Wildman–Crippen LogP) is 3.95. The molecule has 0 spiro atoms. The third kappa shape index (κ3) is 4.79. The minimum Gasteiger partial charge on any atom is -0.143 e. The van der Waals surface area contributed by atoms with Crippen LogP contribution in [0.5, 0.6) is 0 Å².